The molecule has 33 heavy (non-hydrogen) atoms. The normalized spacial score (nSPS) is 13.2. The molecule has 1 fully saturated rings. The van der Waals surface area contributed by atoms with E-state index < -0.39 is 5.97 Å². The Morgan fingerprint density at radius 1 is 1.09 bits per heavy atom. The number of rotatable bonds is 9. The van der Waals surface area contributed by atoms with Crippen molar-refractivity contribution in [3.05, 3.63) is 96.9 Å². The number of carbonyl (C=O) groups is 1. The fourth-order valence-corrected chi connectivity index (χ4v) is 4.70. The predicted molar refractivity (Wildman–Crippen MR) is 130 cm³/mol. The van der Waals surface area contributed by atoms with Crippen molar-refractivity contribution in [1.82, 2.24) is 4.57 Å². The number of benzene rings is 2. The van der Waals surface area contributed by atoms with Crippen LogP contribution in [-0.4, -0.2) is 15.6 Å². The predicted octanol–water partition coefficient (Wildman–Crippen LogP) is 6.11. The Kier molecular flexibility index (Phi) is 7.11. The van der Waals surface area contributed by atoms with Gasteiger partial charge in [0.2, 0.25) is 0 Å². The van der Waals surface area contributed by atoms with Crippen molar-refractivity contribution in [2.45, 2.75) is 51.7 Å². The molecule has 0 spiro atoms. The van der Waals surface area contributed by atoms with Crippen LogP contribution in [0, 0.1) is 0 Å². The van der Waals surface area contributed by atoms with E-state index in [0.29, 0.717) is 23.7 Å². The van der Waals surface area contributed by atoms with E-state index in [1.54, 1.807) is 28.8 Å². The van der Waals surface area contributed by atoms with Gasteiger partial charge in [-0.15, -0.1) is 0 Å². The van der Waals surface area contributed by atoms with Gasteiger partial charge in [-0.3, -0.25) is 4.79 Å². The Hall–Kier alpha value is -2.76. The second-order valence-electron chi connectivity index (χ2n) is 8.26. The van der Waals surface area contributed by atoms with E-state index in [1.807, 2.05) is 24.3 Å². The van der Waals surface area contributed by atoms with Crippen molar-refractivity contribution >= 4 is 29.2 Å². The second kappa shape index (κ2) is 10.0. The molecular weight excluding hydrogens is 461 g/mol. The van der Waals surface area contributed by atoms with E-state index in [-0.39, 0.29) is 28.7 Å². The highest BCUT2D eigenvalue weighted by Gasteiger charge is 2.32. The smallest absolute Gasteiger partial charge is 0.335 e. The van der Waals surface area contributed by atoms with Crippen LogP contribution in [-0.2, 0) is 26.0 Å². The monoisotopic (exact) mass is 485 g/mol. The lowest BCUT2D eigenvalue weighted by Gasteiger charge is -2.19. The molecule has 0 atom stereocenters. The SMILES string of the molecule is CCc1cccc(OCc2c(Cl)c(C3CC3)c(Cl)c(=O)n2CCc2ccc(C(=O)O)cc2)c1. The van der Waals surface area contributed by atoms with Gasteiger partial charge in [-0.05, 0) is 72.6 Å². The number of aromatic carboxylic acids is 1. The average molecular weight is 486 g/mol. The van der Waals surface area contributed by atoms with Crippen molar-refractivity contribution in [3.63, 3.8) is 0 Å². The zero-order chi connectivity index (χ0) is 23.5. The van der Waals surface area contributed by atoms with Gasteiger partial charge in [0, 0.05) is 6.54 Å². The summed E-state index contributed by atoms with van der Waals surface area (Å²) in [6, 6.07) is 14.5. The maximum atomic E-state index is 13.2. The molecule has 1 aliphatic rings. The highest BCUT2D eigenvalue weighted by atomic mass is 35.5. The van der Waals surface area contributed by atoms with Crippen LogP contribution in [0.2, 0.25) is 10.0 Å². The van der Waals surface area contributed by atoms with Crippen LogP contribution in [0.5, 0.6) is 5.75 Å². The van der Waals surface area contributed by atoms with E-state index in [0.717, 1.165) is 41.7 Å². The van der Waals surface area contributed by atoms with Crippen LogP contribution in [0.3, 0.4) is 0 Å². The minimum atomic E-state index is -0.974. The first kappa shape index (κ1) is 23.4. The first-order valence-electron chi connectivity index (χ1n) is 11.0. The Labute approximate surface area is 202 Å². The Morgan fingerprint density at radius 2 is 1.82 bits per heavy atom. The highest BCUT2D eigenvalue weighted by molar-refractivity contribution is 6.36. The van der Waals surface area contributed by atoms with Crippen LogP contribution in [0.15, 0.2) is 53.3 Å². The molecule has 1 aliphatic carbocycles. The molecule has 0 aliphatic heterocycles. The first-order valence-corrected chi connectivity index (χ1v) is 11.8. The fourth-order valence-electron chi connectivity index (χ4n) is 3.90. The van der Waals surface area contributed by atoms with Gasteiger partial charge in [0.15, 0.2) is 0 Å². The molecule has 0 radical (unpaired) electrons. The van der Waals surface area contributed by atoms with Gasteiger partial charge in [-0.2, -0.15) is 0 Å². The van der Waals surface area contributed by atoms with Crippen LogP contribution in [0.1, 0.15) is 58.4 Å². The molecule has 5 nitrogen and oxygen atoms in total. The third kappa shape index (κ3) is 5.26. The molecule has 3 aromatic rings. The van der Waals surface area contributed by atoms with Crippen LogP contribution >= 0.6 is 23.2 Å². The molecule has 0 unspecified atom stereocenters. The summed E-state index contributed by atoms with van der Waals surface area (Å²) in [6.45, 7) is 2.58. The van der Waals surface area contributed by atoms with Crippen molar-refractivity contribution in [1.29, 1.82) is 0 Å². The van der Waals surface area contributed by atoms with Gasteiger partial charge < -0.3 is 14.4 Å². The highest BCUT2D eigenvalue weighted by Crippen LogP contribution is 2.46. The Morgan fingerprint density at radius 3 is 2.45 bits per heavy atom. The summed E-state index contributed by atoms with van der Waals surface area (Å²) in [5.74, 6) is -0.0340. The summed E-state index contributed by atoms with van der Waals surface area (Å²) in [7, 11) is 0. The zero-order valence-electron chi connectivity index (χ0n) is 18.3. The van der Waals surface area contributed by atoms with E-state index in [2.05, 4.69) is 6.92 Å². The van der Waals surface area contributed by atoms with Gasteiger partial charge in [0.25, 0.3) is 5.56 Å². The van der Waals surface area contributed by atoms with Crippen LogP contribution in [0.25, 0.3) is 0 Å². The lowest BCUT2D eigenvalue weighted by molar-refractivity contribution is 0.0697. The zero-order valence-corrected chi connectivity index (χ0v) is 19.8. The number of aryl methyl sites for hydroxylation is 2. The van der Waals surface area contributed by atoms with E-state index in [9.17, 15) is 9.59 Å². The molecule has 0 amide bonds. The number of carboxylic acids is 1. The number of ether oxygens (including phenoxy) is 1. The molecule has 0 bridgehead atoms. The number of pyridine rings is 1. The third-order valence-electron chi connectivity index (χ3n) is 5.98. The van der Waals surface area contributed by atoms with Crippen molar-refractivity contribution < 1.29 is 14.6 Å². The van der Waals surface area contributed by atoms with Gasteiger partial charge >= 0.3 is 5.97 Å². The summed E-state index contributed by atoms with van der Waals surface area (Å²) in [6.07, 6.45) is 3.36. The van der Waals surface area contributed by atoms with E-state index in [4.69, 9.17) is 33.0 Å². The number of aromatic nitrogens is 1. The number of nitrogens with zero attached hydrogens (tertiary/aromatic N) is 1. The minimum absolute atomic E-state index is 0.149. The largest absolute Gasteiger partial charge is 0.487 e. The molecule has 7 heteroatoms. The Bertz CT molecular complexity index is 1230. The maximum Gasteiger partial charge on any atom is 0.335 e. The molecule has 1 saturated carbocycles. The molecule has 1 N–H and O–H groups in total. The summed E-state index contributed by atoms with van der Waals surface area (Å²) < 4.78 is 7.64. The first-order chi connectivity index (χ1) is 15.9. The molecule has 1 aromatic heterocycles. The van der Waals surface area contributed by atoms with Gasteiger partial charge in [-0.1, -0.05) is 54.4 Å². The summed E-state index contributed by atoms with van der Waals surface area (Å²) in [5, 5.41) is 9.77. The number of hydrogen-bond acceptors (Lipinski definition) is 3. The van der Waals surface area contributed by atoms with Gasteiger partial charge in [0.05, 0.1) is 16.3 Å². The second-order valence-corrected chi connectivity index (χ2v) is 9.02. The molecule has 0 saturated heterocycles. The van der Waals surface area contributed by atoms with E-state index in [1.165, 1.54) is 0 Å². The average Bonchev–Trinajstić information content (AvgIpc) is 3.65. The summed E-state index contributed by atoms with van der Waals surface area (Å²) in [4.78, 5) is 24.3. The van der Waals surface area contributed by atoms with Crippen molar-refractivity contribution in [3.8, 4) is 5.75 Å². The van der Waals surface area contributed by atoms with Gasteiger partial charge in [-0.25, -0.2) is 4.79 Å². The lowest BCUT2D eigenvalue weighted by Crippen LogP contribution is -2.28. The lowest BCUT2D eigenvalue weighted by atomic mass is 10.1. The number of carboxylic acid groups (broad SMARTS) is 1. The van der Waals surface area contributed by atoms with Gasteiger partial charge in [0.1, 0.15) is 17.4 Å². The maximum absolute atomic E-state index is 13.2. The van der Waals surface area contributed by atoms with E-state index >= 15 is 0 Å². The van der Waals surface area contributed by atoms with Crippen LogP contribution in [0.4, 0.5) is 0 Å². The molecular formula is C26H25Cl2NO4. The molecule has 1 heterocycles. The summed E-state index contributed by atoms with van der Waals surface area (Å²) >= 11 is 13.3. The number of hydrogen-bond donors (Lipinski definition) is 1. The third-order valence-corrected chi connectivity index (χ3v) is 6.76. The molecule has 4 rings (SSSR count). The molecule has 172 valence electrons. The Balaban J connectivity index is 1.64. The van der Waals surface area contributed by atoms with Crippen molar-refractivity contribution in [2.75, 3.05) is 0 Å². The standard InChI is InChI=1S/C26H25Cl2NO4/c1-2-16-4-3-5-20(14-16)33-15-21-23(27)22(18-10-11-18)24(28)25(30)29(21)13-12-17-6-8-19(9-7-17)26(31)32/h3-9,14,18H,2,10-13,15H2,1H3,(H,31,32). The quantitative estimate of drug-likeness (QED) is 0.396. The topological polar surface area (TPSA) is 68.5 Å². The summed E-state index contributed by atoms with van der Waals surface area (Å²) in [5.41, 5.74) is 3.36. The van der Waals surface area contributed by atoms with Crippen LogP contribution < -0.4 is 10.3 Å². The molecule has 2 aromatic carbocycles. The minimum Gasteiger partial charge on any atom is -0.487 e. The fraction of sp³-hybridized carbons (Fsp3) is 0.308. The number of halogens is 2. The van der Waals surface area contributed by atoms with Crippen molar-refractivity contribution in [2.24, 2.45) is 0 Å².